The normalized spacial score (nSPS) is 28.7. The lowest BCUT2D eigenvalue weighted by Crippen LogP contribution is -2.43. The molecular weight excluding hydrogens is 198 g/mol. The van der Waals surface area contributed by atoms with Gasteiger partial charge in [0, 0.05) is 24.6 Å². The molecule has 2 atom stereocenters. The fraction of sp³-hybridized carbons (Fsp3) is 1.00. The highest BCUT2D eigenvalue weighted by Crippen LogP contribution is 2.35. The number of hydrogen-bond donors (Lipinski definition) is 2. The molecule has 96 valence electrons. The van der Waals surface area contributed by atoms with Crippen LogP contribution in [0.25, 0.3) is 0 Å². The van der Waals surface area contributed by atoms with Gasteiger partial charge in [0.1, 0.15) is 0 Å². The van der Waals surface area contributed by atoms with Crippen LogP contribution >= 0.6 is 0 Å². The lowest BCUT2D eigenvalue weighted by atomic mass is 9.75. The van der Waals surface area contributed by atoms with Crippen LogP contribution < -0.4 is 5.32 Å². The molecule has 0 aliphatic heterocycles. The van der Waals surface area contributed by atoms with E-state index in [1.165, 1.54) is 25.7 Å². The largest absolute Gasteiger partial charge is 0.396 e. The zero-order chi connectivity index (χ0) is 12.2. The van der Waals surface area contributed by atoms with E-state index in [1.54, 1.807) is 0 Å². The van der Waals surface area contributed by atoms with E-state index in [-0.39, 0.29) is 12.0 Å². The van der Waals surface area contributed by atoms with E-state index in [0.29, 0.717) is 11.5 Å². The molecule has 2 unspecified atom stereocenters. The molecule has 0 aromatic rings. The third-order valence-corrected chi connectivity index (χ3v) is 4.26. The van der Waals surface area contributed by atoms with Crippen LogP contribution in [0.1, 0.15) is 59.8 Å². The van der Waals surface area contributed by atoms with Crippen molar-refractivity contribution in [2.45, 2.75) is 65.8 Å². The van der Waals surface area contributed by atoms with E-state index in [4.69, 9.17) is 0 Å². The van der Waals surface area contributed by atoms with Crippen molar-refractivity contribution in [2.75, 3.05) is 13.2 Å². The first kappa shape index (κ1) is 14.0. The lowest BCUT2D eigenvalue weighted by molar-refractivity contribution is 0.120. The molecule has 2 heteroatoms. The smallest absolute Gasteiger partial charge is 0.0496 e. The van der Waals surface area contributed by atoms with Crippen molar-refractivity contribution in [3.8, 4) is 0 Å². The van der Waals surface area contributed by atoms with Gasteiger partial charge < -0.3 is 10.4 Å². The summed E-state index contributed by atoms with van der Waals surface area (Å²) in [6.07, 6.45) is 6.31. The number of aliphatic hydroxyl groups excluding tert-OH is 1. The Labute approximate surface area is 101 Å². The fourth-order valence-corrected chi connectivity index (χ4v) is 2.56. The summed E-state index contributed by atoms with van der Waals surface area (Å²) in [6, 6.07) is 0.654. The minimum Gasteiger partial charge on any atom is -0.396 e. The summed E-state index contributed by atoms with van der Waals surface area (Å²) >= 11 is 0. The average molecular weight is 227 g/mol. The van der Waals surface area contributed by atoms with E-state index in [0.717, 1.165) is 13.0 Å². The number of rotatable bonds is 5. The molecule has 16 heavy (non-hydrogen) atoms. The second-order valence-electron chi connectivity index (χ2n) is 6.66. The molecule has 2 nitrogen and oxygen atoms in total. The van der Waals surface area contributed by atoms with E-state index < -0.39 is 0 Å². The van der Waals surface area contributed by atoms with Crippen molar-refractivity contribution in [3.63, 3.8) is 0 Å². The van der Waals surface area contributed by atoms with Crippen LogP contribution in [0.5, 0.6) is 0 Å². The molecule has 0 bridgehead atoms. The summed E-state index contributed by atoms with van der Waals surface area (Å²) < 4.78 is 0. The molecule has 0 aromatic heterocycles. The van der Waals surface area contributed by atoms with E-state index >= 15 is 0 Å². The Morgan fingerprint density at radius 3 is 2.62 bits per heavy atom. The maximum absolute atomic E-state index is 9.38. The number of nitrogens with one attached hydrogen (secondary N) is 1. The summed E-state index contributed by atoms with van der Waals surface area (Å²) in [5.41, 5.74) is 0.555. The molecule has 0 amide bonds. The van der Waals surface area contributed by atoms with Gasteiger partial charge >= 0.3 is 0 Å². The molecule has 1 rings (SSSR count). The first-order valence-corrected chi connectivity index (χ1v) is 6.75. The van der Waals surface area contributed by atoms with Crippen molar-refractivity contribution < 1.29 is 5.11 Å². The van der Waals surface area contributed by atoms with Crippen molar-refractivity contribution in [2.24, 2.45) is 10.8 Å². The van der Waals surface area contributed by atoms with Crippen LogP contribution in [0.15, 0.2) is 0 Å². The summed E-state index contributed by atoms with van der Waals surface area (Å²) in [6.45, 7) is 10.3. The molecule has 1 aliphatic carbocycles. The van der Waals surface area contributed by atoms with E-state index in [9.17, 15) is 5.11 Å². The molecule has 1 saturated carbocycles. The van der Waals surface area contributed by atoms with Crippen molar-refractivity contribution >= 4 is 0 Å². The van der Waals surface area contributed by atoms with Crippen molar-refractivity contribution in [1.29, 1.82) is 0 Å². The van der Waals surface area contributed by atoms with Gasteiger partial charge in [0.2, 0.25) is 0 Å². The molecule has 0 heterocycles. The summed E-state index contributed by atoms with van der Waals surface area (Å²) in [7, 11) is 0. The molecule has 1 fully saturated rings. The SMILES string of the molecule is CCC(C)(CO)CNC1CCCC(C)(C)C1. The molecule has 1 aliphatic rings. The topological polar surface area (TPSA) is 32.3 Å². The number of aliphatic hydroxyl groups is 1. The van der Waals surface area contributed by atoms with Gasteiger partial charge in [-0.15, -0.1) is 0 Å². The summed E-state index contributed by atoms with van der Waals surface area (Å²) in [5.74, 6) is 0. The van der Waals surface area contributed by atoms with Crippen LogP contribution in [-0.2, 0) is 0 Å². The van der Waals surface area contributed by atoms with Gasteiger partial charge in [-0.05, 0) is 31.1 Å². The third-order valence-electron chi connectivity index (χ3n) is 4.26. The van der Waals surface area contributed by atoms with Crippen LogP contribution in [0, 0.1) is 10.8 Å². The Hall–Kier alpha value is -0.0800. The Morgan fingerprint density at radius 2 is 2.12 bits per heavy atom. The Kier molecular flexibility index (Phi) is 4.81. The Bertz CT molecular complexity index is 209. The van der Waals surface area contributed by atoms with E-state index in [1.807, 2.05) is 0 Å². The molecule has 0 aromatic carbocycles. The van der Waals surface area contributed by atoms with Gasteiger partial charge in [0.05, 0.1) is 0 Å². The predicted molar refractivity (Wildman–Crippen MR) is 69.5 cm³/mol. The highest BCUT2D eigenvalue weighted by Gasteiger charge is 2.29. The second-order valence-corrected chi connectivity index (χ2v) is 6.66. The zero-order valence-electron chi connectivity index (χ0n) is 11.5. The molecule has 0 spiro atoms. The van der Waals surface area contributed by atoms with Gasteiger partial charge in [-0.1, -0.05) is 34.1 Å². The zero-order valence-corrected chi connectivity index (χ0v) is 11.5. The van der Waals surface area contributed by atoms with Gasteiger partial charge in [-0.2, -0.15) is 0 Å². The summed E-state index contributed by atoms with van der Waals surface area (Å²) in [5, 5.41) is 13.0. The maximum Gasteiger partial charge on any atom is 0.0496 e. The average Bonchev–Trinajstić information content (AvgIpc) is 2.25. The second kappa shape index (κ2) is 5.50. The highest BCUT2D eigenvalue weighted by atomic mass is 16.3. The van der Waals surface area contributed by atoms with Gasteiger partial charge in [-0.25, -0.2) is 0 Å². The fourth-order valence-electron chi connectivity index (χ4n) is 2.56. The third kappa shape index (κ3) is 4.06. The van der Waals surface area contributed by atoms with Crippen LogP contribution in [0.2, 0.25) is 0 Å². The molecule has 2 N–H and O–H groups in total. The quantitative estimate of drug-likeness (QED) is 0.757. The standard InChI is InChI=1S/C14H29NO/c1-5-14(4,11-16)10-15-12-7-6-8-13(2,3)9-12/h12,15-16H,5-11H2,1-4H3. The monoisotopic (exact) mass is 227 g/mol. The molecule has 0 saturated heterocycles. The first-order valence-electron chi connectivity index (χ1n) is 6.75. The van der Waals surface area contributed by atoms with Crippen molar-refractivity contribution in [1.82, 2.24) is 5.32 Å². The number of hydrogen-bond acceptors (Lipinski definition) is 2. The molecule has 0 radical (unpaired) electrons. The highest BCUT2D eigenvalue weighted by molar-refractivity contribution is 4.85. The predicted octanol–water partition coefficient (Wildman–Crippen LogP) is 2.95. The lowest BCUT2D eigenvalue weighted by Gasteiger charge is -2.37. The molecular formula is C14H29NO. The Balaban J connectivity index is 2.37. The minimum absolute atomic E-state index is 0.0571. The minimum atomic E-state index is 0.0571. The van der Waals surface area contributed by atoms with Crippen LogP contribution in [0.3, 0.4) is 0 Å². The first-order chi connectivity index (χ1) is 7.41. The Morgan fingerprint density at radius 1 is 1.44 bits per heavy atom. The van der Waals surface area contributed by atoms with Gasteiger partial charge in [-0.3, -0.25) is 0 Å². The van der Waals surface area contributed by atoms with E-state index in [2.05, 4.69) is 33.0 Å². The van der Waals surface area contributed by atoms with Crippen molar-refractivity contribution in [3.05, 3.63) is 0 Å². The van der Waals surface area contributed by atoms with Crippen LogP contribution in [-0.4, -0.2) is 24.3 Å². The maximum atomic E-state index is 9.38. The van der Waals surface area contributed by atoms with Gasteiger partial charge in [0.25, 0.3) is 0 Å². The van der Waals surface area contributed by atoms with Crippen LogP contribution in [0.4, 0.5) is 0 Å². The summed E-state index contributed by atoms with van der Waals surface area (Å²) in [4.78, 5) is 0. The van der Waals surface area contributed by atoms with Gasteiger partial charge in [0.15, 0.2) is 0 Å².